The molecule has 2 atom stereocenters. The molecule has 1 aliphatic carbocycles. The maximum Gasteiger partial charge on any atom is 0.310 e. The third-order valence-electron chi connectivity index (χ3n) is 2.74. The number of hydrogen-bond donors (Lipinski definition) is 0. The summed E-state index contributed by atoms with van der Waals surface area (Å²) >= 11 is 0. The molecule has 0 amide bonds. The molecule has 0 aromatic rings. The fourth-order valence-electron chi connectivity index (χ4n) is 1.77. The molecule has 0 saturated heterocycles. The minimum atomic E-state index is -0.343. The molecular formula is C9H14O4. The van der Waals surface area contributed by atoms with E-state index in [0.29, 0.717) is 0 Å². The summed E-state index contributed by atoms with van der Waals surface area (Å²) in [5.74, 6) is -1.35. The van der Waals surface area contributed by atoms with Crippen LogP contribution in [0.4, 0.5) is 0 Å². The third-order valence-corrected chi connectivity index (χ3v) is 2.74. The monoisotopic (exact) mass is 186 g/mol. The number of methoxy groups -OCH3 is 2. The molecule has 0 heterocycles. The lowest BCUT2D eigenvalue weighted by molar-refractivity contribution is -0.148. The summed E-state index contributed by atoms with van der Waals surface area (Å²) in [6.45, 7) is 3.71. The summed E-state index contributed by atoms with van der Waals surface area (Å²) in [5, 5.41) is 0. The number of carbonyl (C=O) groups is 2. The molecule has 0 spiro atoms. The van der Waals surface area contributed by atoms with E-state index in [0.717, 1.165) is 0 Å². The second-order valence-corrected chi connectivity index (χ2v) is 3.82. The van der Waals surface area contributed by atoms with E-state index < -0.39 is 0 Å². The summed E-state index contributed by atoms with van der Waals surface area (Å²) in [6, 6.07) is 0. The van der Waals surface area contributed by atoms with Crippen LogP contribution in [0.1, 0.15) is 13.8 Å². The van der Waals surface area contributed by atoms with Gasteiger partial charge in [-0.15, -0.1) is 0 Å². The Morgan fingerprint density at radius 3 is 1.54 bits per heavy atom. The van der Waals surface area contributed by atoms with E-state index in [4.69, 9.17) is 0 Å². The Hall–Kier alpha value is -1.06. The summed E-state index contributed by atoms with van der Waals surface area (Å²) in [5.41, 5.74) is -0.319. The van der Waals surface area contributed by atoms with Gasteiger partial charge in [-0.05, 0) is 5.41 Å². The first-order valence-corrected chi connectivity index (χ1v) is 4.12. The van der Waals surface area contributed by atoms with Crippen LogP contribution >= 0.6 is 0 Å². The van der Waals surface area contributed by atoms with E-state index in [9.17, 15) is 9.59 Å². The van der Waals surface area contributed by atoms with Gasteiger partial charge >= 0.3 is 11.9 Å². The largest absolute Gasteiger partial charge is 0.469 e. The van der Waals surface area contributed by atoms with E-state index in [1.807, 2.05) is 13.8 Å². The summed E-state index contributed by atoms with van der Waals surface area (Å²) < 4.78 is 9.18. The fourth-order valence-corrected chi connectivity index (χ4v) is 1.77. The molecule has 0 bridgehead atoms. The smallest absolute Gasteiger partial charge is 0.310 e. The van der Waals surface area contributed by atoms with Gasteiger partial charge in [-0.2, -0.15) is 0 Å². The van der Waals surface area contributed by atoms with Crippen molar-refractivity contribution in [3.63, 3.8) is 0 Å². The van der Waals surface area contributed by atoms with E-state index in [1.165, 1.54) is 14.2 Å². The highest BCUT2D eigenvalue weighted by Gasteiger charge is 2.67. The Morgan fingerprint density at radius 1 is 1.00 bits per heavy atom. The molecule has 1 saturated carbocycles. The number of carbonyl (C=O) groups excluding carboxylic acids is 2. The van der Waals surface area contributed by atoms with Crippen molar-refractivity contribution >= 4 is 11.9 Å². The normalized spacial score (nSPS) is 29.2. The Kier molecular flexibility index (Phi) is 2.32. The van der Waals surface area contributed by atoms with Crippen LogP contribution in [-0.4, -0.2) is 26.2 Å². The first-order chi connectivity index (χ1) is 5.96. The molecule has 1 rings (SSSR count). The zero-order chi connectivity index (χ0) is 10.2. The molecule has 1 fully saturated rings. The minimum Gasteiger partial charge on any atom is -0.469 e. The van der Waals surface area contributed by atoms with E-state index in [1.54, 1.807) is 0 Å². The van der Waals surface area contributed by atoms with Gasteiger partial charge in [-0.25, -0.2) is 0 Å². The zero-order valence-electron chi connectivity index (χ0n) is 8.29. The van der Waals surface area contributed by atoms with Crippen molar-refractivity contribution in [2.45, 2.75) is 13.8 Å². The van der Waals surface area contributed by atoms with Crippen LogP contribution in [0.3, 0.4) is 0 Å². The van der Waals surface area contributed by atoms with Crippen molar-refractivity contribution in [3.05, 3.63) is 0 Å². The molecule has 0 aliphatic heterocycles. The molecule has 0 aromatic heterocycles. The molecule has 13 heavy (non-hydrogen) atoms. The lowest BCUT2D eigenvalue weighted by atomic mass is 10.1. The maximum absolute atomic E-state index is 11.2. The van der Waals surface area contributed by atoms with Gasteiger partial charge in [-0.1, -0.05) is 13.8 Å². The molecular weight excluding hydrogens is 172 g/mol. The van der Waals surface area contributed by atoms with Gasteiger partial charge < -0.3 is 9.47 Å². The highest BCUT2D eigenvalue weighted by Crippen LogP contribution is 2.59. The Balaban J connectivity index is 2.71. The van der Waals surface area contributed by atoms with Crippen LogP contribution in [0, 0.1) is 17.3 Å². The minimum absolute atomic E-state index is 0.319. The van der Waals surface area contributed by atoms with Gasteiger partial charge in [0.15, 0.2) is 0 Å². The van der Waals surface area contributed by atoms with Crippen molar-refractivity contribution in [3.8, 4) is 0 Å². The van der Waals surface area contributed by atoms with Gasteiger partial charge in [-0.3, -0.25) is 9.59 Å². The predicted octanol–water partition coefficient (Wildman–Crippen LogP) is 0.605. The predicted molar refractivity (Wildman–Crippen MR) is 44.8 cm³/mol. The van der Waals surface area contributed by atoms with Crippen molar-refractivity contribution in [1.29, 1.82) is 0 Å². The van der Waals surface area contributed by atoms with Gasteiger partial charge in [0, 0.05) is 0 Å². The lowest BCUT2D eigenvalue weighted by Gasteiger charge is -1.99. The average Bonchev–Trinajstić information content (AvgIpc) is 2.66. The summed E-state index contributed by atoms with van der Waals surface area (Å²) in [4.78, 5) is 22.4. The van der Waals surface area contributed by atoms with Gasteiger partial charge in [0.05, 0.1) is 26.1 Å². The molecule has 0 N–H and O–H groups in total. The number of rotatable bonds is 2. The number of ether oxygens (including phenoxy) is 2. The summed E-state index contributed by atoms with van der Waals surface area (Å²) in [6.07, 6.45) is 0. The van der Waals surface area contributed by atoms with Crippen molar-refractivity contribution in [2.75, 3.05) is 14.2 Å². The lowest BCUT2D eigenvalue weighted by Crippen LogP contribution is -2.10. The Labute approximate surface area is 77.2 Å². The molecule has 0 radical (unpaired) electrons. The second kappa shape index (κ2) is 3.01. The van der Waals surface area contributed by atoms with Crippen LogP contribution < -0.4 is 0 Å². The molecule has 0 unspecified atom stereocenters. The molecule has 1 aliphatic rings. The Bertz CT molecular complexity index is 220. The van der Waals surface area contributed by atoms with Crippen LogP contribution in [0.2, 0.25) is 0 Å². The van der Waals surface area contributed by atoms with Crippen LogP contribution in [0.15, 0.2) is 0 Å². The van der Waals surface area contributed by atoms with E-state index in [2.05, 4.69) is 9.47 Å². The van der Waals surface area contributed by atoms with E-state index in [-0.39, 0.29) is 29.2 Å². The first kappa shape index (κ1) is 10.0. The summed E-state index contributed by atoms with van der Waals surface area (Å²) in [7, 11) is 2.65. The van der Waals surface area contributed by atoms with Gasteiger partial charge in [0.2, 0.25) is 0 Å². The topological polar surface area (TPSA) is 52.6 Å². The van der Waals surface area contributed by atoms with Crippen LogP contribution in [-0.2, 0) is 19.1 Å². The molecule has 0 aromatic carbocycles. The molecule has 74 valence electrons. The van der Waals surface area contributed by atoms with Crippen LogP contribution in [0.25, 0.3) is 0 Å². The number of hydrogen-bond acceptors (Lipinski definition) is 4. The second-order valence-electron chi connectivity index (χ2n) is 3.82. The van der Waals surface area contributed by atoms with Gasteiger partial charge in [0.25, 0.3) is 0 Å². The SMILES string of the molecule is COC(=O)[C@@H]1[C@@H](C(=O)OC)C1(C)C. The molecule has 4 nitrogen and oxygen atoms in total. The first-order valence-electron chi connectivity index (χ1n) is 4.12. The maximum atomic E-state index is 11.2. The average molecular weight is 186 g/mol. The highest BCUT2D eigenvalue weighted by atomic mass is 16.5. The Morgan fingerprint density at radius 2 is 1.31 bits per heavy atom. The quantitative estimate of drug-likeness (QED) is 0.593. The van der Waals surface area contributed by atoms with Crippen molar-refractivity contribution in [2.24, 2.45) is 17.3 Å². The molecule has 4 heteroatoms. The van der Waals surface area contributed by atoms with Gasteiger partial charge in [0.1, 0.15) is 0 Å². The van der Waals surface area contributed by atoms with Crippen molar-refractivity contribution < 1.29 is 19.1 Å². The third kappa shape index (κ3) is 1.41. The van der Waals surface area contributed by atoms with Crippen molar-refractivity contribution in [1.82, 2.24) is 0 Å². The zero-order valence-corrected chi connectivity index (χ0v) is 8.29. The standard InChI is InChI=1S/C9H14O4/c1-9(2)5(7(10)12-3)6(9)8(11)13-4/h5-6H,1-4H3/t5-,6-/m0/s1. The van der Waals surface area contributed by atoms with Crippen LogP contribution in [0.5, 0.6) is 0 Å². The fraction of sp³-hybridized carbons (Fsp3) is 0.778. The number of esters is 2. The highest BCUT2D eigenvalue weighted by molar-refractivity contribution is 5.89. The van der Waals surface area contributed by atoms with E-state index >= 15 is 0 Å².